The SMILES string of the molecule is O=C(CSc1nncc2cn(-c3ccccc3)nc12)c1ccccc1. The van der Waals surface area contributed by atoms with Gasteiger partial charge < -0.3 is 0 Å². The zero-order chi connectivity index (χ0) is 17.1. The largest absolute Gasteiger partial charge is 0.293 e. The highest BCUT2D eigenvalue weighted by molar-refractivity contribution is 8.00. The van der Waals surface area contributed by atoms with Crippen LogP contribution in [0.4, 0.5) is 0 Å². The van der Waals surface area contributed by atoms with E-state index in [1.165, 1.54) is 11.8 Å². The third-order valence-corrected chi connectivity index (χ3v) is 4.70. The van der Waals surface area contributed by atoms with E-state index in [4.69, 9.17) is 0 Å². The lowest BCUT2D eigenvalue weighted by Gasteiger charge is -2.01. The van der Waals surface area contributed by atoms with Crippen molar-refractivity contribution < 1.29 is 4.79 Å². The first kappa shape index (κ1) is 15.5. The van der Waals surface area contributed by atoms with Gasteiger partial charge in [-0.05, 0) is 12.1 Å². The van der Waals surface area contributed by atoms with Gasteiger partial charge in [0, 0.05) is 17.1 Å². The zero-order valence-electron chi connectivity index (χ0n) is 13.2. The number of aromatic nitrogens is 4. The molecule has 0 aliphatic heterocycles. The van der Waals surface area contributed by atoms with Crippen molar-refractivity contribution in [3.63, 3.8) is 0 Å². The van der Waals surface area contributed by atoms with Crippen molar-refractivity contribution in [2.24, 2.45) is 0 Å². The number of carbonyl (C=O) groups is 1. The molecule has 4 rings (SSSR count). The van der Waals surface area contributed by atoms with Crippen molar-refractivity contribution >= 4 is 28.4 Å². The van der Waals surface area contributed by atoms with Crippen LogP contribution in [0.5, 0.6) is 0 Å². The number of nitrogens with zero attached hydrogens (tertiary/aromatic N) is 4. The molecule has 0 atom stereocenters. The minimum absolute atomic E-state index is 0.0619. The molecule has 25 heavy (non-hydrogen) atoms. The summed E-state index contributed by atoms with van der Waals surface area (Å²) < 4.78 is 1.80. The van der Waals surface area contributed by atoms with Crippen molar-refractivity contribution in [3.05, 3.63) is 78.6 Å². The Balaban J connectivity index is 1.60. The van der Waals surface area contributed by atoms with Gasteiger partial charge in [-0.25, -0.2) is 4.68 Å². The number of Topliss-reactive ketones (excluding diaryl/α,β-unsaturated/α-hetero) is 1. The molecule has 0 amide bonds. The second kappa shape index (κ2) is 6.86. The lowest BCUT2D eigenvalue weighted by atomic mass is 10.2. The van der Waals surface area contributed by atoms with E-state index in [9.17, 15) is 4.79 Å². The average Bonchev–Trinajstić information content (AvgIpc) is 3.12. The molecule has 0 aliphatic carbocycles. The predicted octanol–water partition coefficient (Wildman–Crippen LogP) is 3.79. The first-order valence-corrected chi connectivity index (χ1v) is 8.77. The summed E-state index contributed by atoms with van der Waals surface area (Å²) in [6.07, 6.45) is 3.60. The van der Waals surface area contributed by atoms with E-state index in [1.54, 1.807) is 10.9 Å². The molecule has 0 saturated heterocycles. The Bertz CT molecular complexity index is 1020. The van der Waals surface area contributed by atoms with Gasteiger partial charge in [-0.1, -0.05) is 60.3 Å². The van der Waals surface area contributed by atoms with Crippen LogP contribution in [0.1, 0.15) is 10.4 Å². The lowest BCUT2D eigenvalue weighted by molar-refractivity contribution is 0.102. The normalized spacial score (nSPS) is 10.9. The van der Waals surface area contributed by atoms with Gasteiger partial charge >= 0.3 is 0 Å². The summed E-state index contributed by atoms with van der Waals surface area (Å²) in [6, 6.07) is 19.1. The van der Waals surface area contributed by atoms with Crippen LogP contribution < -0.4 is 0 Å². The summed E-state index contributed by atoms with van der Waals surface area (Å²) >= 11 is 1.36. The van der Waals surface area contributed by atoms with E-state index >= 15 is 0 Å². The number of hydrogen-bond donors (Lipinski definition) is 0. The number of carbonyl (C=O) groups excluding carboxylic acids is 1. The van der Waals surface area contributed by atoms with Gasteiger partial charge in [0.1, 0.15) is 10.5 Å². The van der Waals surface area contributed by atoms with Crippen molar-refractivity contribution in [2.45, 2.75) is 5.03 Å². The van der Waals surface area contributed by atoms with Crippen molar-refractivity contribution in [1.29, 1.82) is 0 Å². The highest BCUT2D eigenvalue weighted by Crippen LogP contribution is 2.25. The molecule has 0 saturated carbocycles. The molecular weight excluding hydrogens is 332 g/mol. The maximum absolute atomic E-state index is 12.3. The van der Waals surface area contributed by atoms with Crippen LogP contribution in [0.3, 0.4) is 0 Å². The molecule has 2 heterocycles. The van der Waals surface area contributed by atoms with E-state index in [2.05, 4.69) is 15.3 Å². The number of benzene rings is 2. The van der Waals surface area contributed by atoms with E-state index in [0.29, 0.717) is 16.3 Å². The number of hydrogen-bond acceptors (Lipinski definition) is 5. The first-order chi connectivity index (χ1) is 12.3. The maximum atomic E-state index is 12.3. The fraction of sp³-hybridized carbons (Fsp3) is 0.0526. The monoisotopic (exact) mass is 346 g/mol. The van der Waals surface area contributed by atoms with Gasteiger partial charge in [0.05, 0.1) is 17.6 Å². The Hall–Kier alpha value is -2.99. The summed E-state index contributed by atoms with van der Waals surface area (Å²) in [5.41, 5.74) is 2.42. The molecule has 4 aromatic rings. The first-order valence-electron chi connectivity index (χ1n) is 7.79. The molecule has 0 radical (unpaired) electrons. The average molecular weight is 346 g/mol. The highest BCUT2D eigenvalue weighted by atomic mass is 32.2. The number of para-hydroxylation sites is 1. The molecule has 2 aromatic carbocycles. The topological polar surface area (TPSA) is 60.7 Å². The number of ketones is 1. The number of rotatable bonds is 5. The van der Waals surface area contributed by atoms with Crippen molar-refractivity contribution in [1.82, 2.24) is 20.0 Å². The van der Waals surface area contributed by atoms with Crippen LogP contribution >= 0.6 is 11.8 Å². The van der Waals surface area contributed by atoms with Gasteiger partial charge in [0.25, 0.3) is 0 Å². The third-order valence-electron chi connectivity index (χ3n) is 3.75. The summed E-state index contributed by atoms with van der Waals surface area (Å²) in [4.78, 5) is 12.3. The van der Waals surface area contributed by atoms with E-state index in [-0.39, 0.29) is 5.78 Å². The lowest BCUT2D eigenvalue weighted by Crippen LogP contribution is -2.02. The Kier molecular flexibility index (Phi) is 4.26. The fourth-order valence-electron chi connectivity index (χ4n) is 2.49. The van der Waals surface area contributed by atoms with Crippen LogP contribution in [0.25, 0.3) is 16.6 Å². The van der Waals surface area contributed by atoms with Crippen LogP contribution in [-0.2, 0) is 0 Å². The van der Waals surface area contributed by atoms with Crippen LogP contribution in [0.2, 0.25) is 0 Å². The number of thioether (sulfide) groups is 1. The molecule has 5 nitrogen and oxygen atoms in total. The molecule has 0 spiro atoms. The Morgan fingerprint density at radius 1 is 1.00 bits per heavy atom. The zero-order valence-corrected chi connectivity index (χ0v) is 14.1. The summed E-state index contributed by atoms with van der Waals surface area (Å²) in [5, 5.41) is 14.4. The molecule has 0 fully saturated rings. The molecule has 0 N–H and O–H groups in total. The predicted molar refractivity (Wildman–Crippen MR) is 98.2 cm³/mol. The molecule has 122 valence electrons. The van der Waals surface area contributed by atoms with Crippen LogP contribution in [-0.4, -0.2) is 31.5 Å². The van der Waals surface area contributed by atoms with Gasteiger partial charge in [0.15, 0.2) is 5.78 Å². The minimum Gasteiger partial charge on any atom is -0.293 e. The quantitative estimate of drug-likeness (QED) is 0.406. The van der Waals surface area contributed by atoms with Gasteiger partial charge in [-0.15, -0.1) is 5.10 Å². The maximum Gasteiger partial charge on any atom is 0.173 e. The molecule has 0 aliphatic rings. The highest BCUT2D eigenvalue weighted by Gasteiger charge is 2.13. The van der Waals surface area contributed by atoms with E-state index < -0.39 is 0 Å². The molecule has 0 unspecified atom stereocenters. The Morgan fingerprint density at radius 3 is 2.48 bits per heavy atom. The second-order valence-electron chi connectivity index (χ2n) is 5.44. The summed E-state index contributed by atoms with van der Waals surface area (Å²) in [7, 11) is 0. The smallest absolute Gasteiger partial charge is 0.173 e. The van der Waals surface area contributed by atoms with Crippen LogP contribution in [0, 0.1) is 0 Å². The van der Waals surface area contributed by atoms with Gasteiger partial charge in [-0.2, -0.15) is 10.2 Å². The summed E-state index contributed by atoms with van der Waals surface area (Å²) in [6.45, 7) is 0. The van der Waals surface area contributed by atoms with Crippen molar-refractivity contribution in [2.75, 3.05) is 5.75 Å². The van der Waals surface area contributed by atoms with Crippen molar-refractivity contribution in [3.8, 4) is 5.69 Å². The Labute approximate surface area is 148 Å². The van der Waals surface area contributed by atoms with E-state index in [1.807, 2.05) is 66.9 Å². The van der Waals surface area contributed by atoms with E-state index in [0.717, 1.165) is 16.6 Å². The number of fused-ring (bicyclic) bond motifs is 1. The van der Waals surface area contributed by atoms with Gasteiger partial charge in [-0.3, -0.25) is 4.79 Å². The van der Waals surface area contributed by atoms with Gasteiger partial charge in [0.2, 0.25) is 0 Å². The second-order valence-corrected chi connectivity index (χ2v) is 6.40. The molecule has 6 heteroatoms. The minimum atomic E-state index is 0.0619. The molecule has 2 aromatic heterocycles. The standard InChI is InChI=1S/C19H14N4OS/c24-17(14-7-3-1-4-8-14)13-25-19-18-15(11-20-21-19)12-23(22-18)16-9-5-2-6-10-16/h1-12H,13H2. The molecule has 0 bridgehead atoms. The third kappa shape index (κ3) is 3.29. The summed E-state index contributed by atoms with van der Waals surface area (Å²) in [5.74, 6) is 0.364. The molecular formula is C19H14N4OS. The van der Waals surface area contributed by atoms with Crippen LogP contribution in [0.15, 0.2) is 78.1 Å². The Morgan fingerprint density at radius 2 is 1.72 bits per heavy atom. The fourth-order valence-corrected chi connectivity index (χ4v) is 3.33.